The zero-order chi connectivity index (χ0) is 9.84. The minimum atomic E-state index is 0.121. The maximum atomic E-state index is 11.1. The van der Waals surface area contributed by atoms with Gasteiger partial charge in [0.1, 0.15) is 0 Å². The maximum Gasteiger partial charge on any atom is 0.219 e. The molecule has 0 radical (unpaired) electrons. The molecule has 1 aliphatic heterocycles. The van der Waals surface area contributed by atoms with E-state index in [0.29, 0.717) is 6.04 Å². The molecule has 1 unspecified atom stereocenters. The summed E-state index contributed by atoms with van der Waals surface area (Å²) in [5.74, 6) is 0.121. The van der Waals surface area contributed by atoms with Crippen molar-refractivity contribution in [3.8, 4) is 0 Å². The molecule has 0 aromatic heterocycles. The minimum absolute atomic E-state index is 0.121. The molecular weight excluding hydrogens is 168 g/mol. The molecule has 1 N–H and O–H groups in total. The maximum absolute atomic E-state index is 11.1. The van der Waals surface area contributed by atoms with E-state index in [1.165, 1.54) is 0 Å². The van der Waals surface area contributed by atoms with Crippen LogP contribution in [-0.4, -0.2) is 60.1 Å². The first-order chi connectivity index (χ1) is 6.15. The zero-order valence-corrected chi connectivity index (χ0v) is 8.36. The number of likely N-dealkylation sites (tertiary alicyclic amines) is 1. The van der Waals surface area contributed by atoms with Crippen molar-refractivity contribution in [3.63, 3.8) is 0 Å². The lowest BCUT2D eigenvalue weighted by Crippen LogP contribution is -2.38. The fourth-order valence-electron chi connectivity index (χ4n) is 1.73. The predicted molar refractivity (Wildman–Crippen MR) is 50.4 cm³/mol. The van der Waals surface area contributed by atoms with E-state index < -0.39 is 0 Å². The van der Waals surface area contributed by atoms with Crippen molar-refractivity contribution in [2.45, 2.75) is 19.4 Å². The van der Waals surface area contributed by atoms with Crippen molar-refractivity contribution in [1.29, 1.82) is 0 Å². The molecule has 1 amide bonds. The summed E-state index contributed by atoms with van der Waals surface area (Å²) in [6.07, 6.45) is 1.02. The van der Waals surface area contributed by atoms with E-state index in [9.17, 15) is 4.79 Å². The third kappa shape index (κ3) is 2.67. The van der Waals surface area contributed by atoms with Crippen LogP contribution in [0.15, 0.2) is 0 Å². The van der Waals surface area contributed by atoms with Crippen LogP contribution in [0.4, 0.5) is 0 Å². The largest absolute Gasteiger partial charge is 0.395 e. The Kier molecular flexibility index (Phi) is 3.69. The highest BCUT2D eigenvalue weighted by Gasteiger charge is 2.26. The fourth-order valence-corrected chi connectivity index (χ4v) is 1.73. The molecule has 1 heterocycles. The smallest absolute Gasteiger partial charge is 0.219 e. The summed E-state index contributed by atoms with van der Waals surface area (Å²) in [4.78, 5) is 15.0. The van der Waals surface area contributed by atoms with Gasteiger partial charge in [-0.2, -0.15) is 0 Å². The molecule has 0 bridgehead atoms. The summed E-state index contributed by atoms with van der Waals surface area (Å²) in [6, 6.07) is 0.337. The number of aliphatic hydroxyl groups is 1. The van der Waals surface area contributed by atoms with Gasteiger partial charge in [-0.3, -0.25) is 9.69 Å². The lowest BCUT2D eigenvalue weighted by Gasteiger charge is -2.23. The molecule has 0 aromatic carbocycles. The van der Waals surface area contributed by atoms with Crippen molar-refractivity contribution in [1.82, 2.24) is 9.80 Å². The summed E-state index contributed by atoms with van der Waals surface area (Å²) >= 11 is 0. The van der Waals surface area contributed by atoms with Gasteiger partial charge >= 0.3 is 0 Å². The van der Waals surface area contributed by atoms with Crippen molar-refractivity contribution < 1.29 is 9.90 Å². The van der Waals surface area contributed by atoms with Crippen LogP contribution in [0, 0.1) is 0 Å². The Morgan fingerprint density at radius 1 is 1.69 bits per heavy atom. The van der Waals surface area contributed by atoms with Crippen LogP contribution in [0.25, 0.3) is 0 Å². The normalized spacial score (nSPS) is 23.5. The van der Waals surface area contributed by atoms with Crippen molar-refractivity contribution >= 4 is 5.91 Å². The summed E-state index contributed by atoms with van der Waals surface area (Å²) in [7, 11) is 1.84. The van der Waals surface area contributed by atoms with E-state index in [1.54, 1.807) is 11.8 Å². The molecule has 4 nitrogen and oxygen atoms in total. The number of nitrogens with zero attached hydrogens (tertiary/aromatic N) is 2. The van der Waals surface area contributed by atoms with Gasteiger partial charge in [-0.25, -0.2) is 0 Å². The van der Waals surface area contributed by atoms with Crippen LogP contribution in [0.5, 0.6) is 0 Å². The van der Waals surface area contributed by atoms with Crippen LogP contribution in [-0.2, 0) is 4.79 Å². The fraction of sp³-hybridized carbons (Fsp3) is 0.889. The van der Waals surface area contributed by atoms with Gasteiger partial charge in [0.05, 0.1) is 6.61 Å². The van der Waals surface area contributed by atoms with E-state index >= 15 is 0 Å². The predicted octanol–water partition coefficient (Wildman–Crippen LogP) is -0.469. The topological polar surface area (TPSA) is 43.8 Å². The molecule has 0 spiro atoms. The van der Waals surface area contributed by atoms with E-state index in [4.69, 9.17) is 5.11 Å². The Hall–Kier alpha value is -0.610. The molecule has 0 aliphatic carbocycles. The Bertz CT molecular complexity index is 184. The van der Waals surface area contributed by atoms with Crippen LogP contribution in [0.2, 0.25) is 0 Å². The highest BCUT2D eigenvalue weighted by Crippen LogP contribution is 2.13. The molecule has 0 aromatic rings. The van der Waals surface area contributed by atoms with E-state index in [2.05, 4.69) is 4.90 Å². The summed E-state index contributed by atoms with van der Waals surface area (Å²) in [5.41, 5.74) is 0. The molecule has 4 heteroatoms. The monoisotopic (exact) mass is 186 g/mol. The summed E-state index contributed by atoms with van der Waals surface area (Å²) < 4.78 is 0. The van der Waals surface area contributed by atoms with Gasteiger partial charge in [0, 0.05) is 39.6 Å². The second kappa shape index (κ2) is 4.58. The second-order valence-electron chi connectivity index (χ2n) is 3.60. The molecule has 76 valence electrons. The summed E-state index contributed by atoms with van der Waals surface area (Å²) in [5, 5.41) is 8.74. The minimum Gasteiger partial charge on any atom is -0.395 e. The Morgan fingerprint density at radius 2 is 2.38 bits per heavy atom. The van der Waals surface area contributed by atoms with Gasteiger partial charge in [0.15, 0.2) is 0 Å². The average Bonchev–Trinajstić information content (AvgIpc) is 2.52. The van der Waals surface area contributed by atoms with E-state index in [1.807, 2.05) is 7.05 Å². The average molecular weight is 186 g/mol. The van der Waals surface area contributed by atoms with Gasteiger partial charge in [-0.1, -0.05) is 0 Å². The molecule has 1 atom stereocenters. The number of aliphatic hydroxyl groups excluding tert-OH is 1. The van der Waals surface area contributed by atoms with Gasteiger partial charge in [-0.05, 0) is 6.42 Å². The number of likely N-dealkylation sites (N-methyl/N-ethyl adjacent to an activating group) is 1. The molecule has 1 saturated heterocycles. The first-order valence-corrected chi connectivity index (χ1v) is 4.71. The van der Waals surface area contributed by atoms with Gasteiger partial charge in [0.25, 0.3) is 0 Å². The number of carbonyl (C=O) groups excluding carboxylic acids is 1. The standard InChI is InChI=1S/C9H18N2O2/c1-8(13)10(2)9-3-4-11(7-9)5-6-12/h9,12H,3-7H2,1-2H3. The summed E-state index contributed by atoms with van der Waals surface area (Å²) in [6.45, 7) is 4.41. The molecule has 0 saturated carbocycles. The number of carbonyl (C=O) groups is 1. The molecule has 13 heavy (non-hydrogen) atoms. The SMILES string of the molecule is CC(=O)N(C)C1CCN(CCO)C1. The van der Waals surface area contributed by atoms with Crippen molar-refractivity contribution in [2.75, 3.05) is 33.3 Å². The lowest BCUT2D eigenvalue weighted by atomic mass is 10.2. The van der Waals surface area contributed by atoms with Gasteiger partial charge in [-0.15, -0.1) is 0 Å². The van der Waals surface area contributed by atoms with Crippen molar-refractivity contribution in [3.05, 3.63) is 0 Å². The van der Waals surface area contributed by atoms with Crippen LogP contribution in [0.3, 0.4) is 0 Å². The third-order valence-corrected chi connectivity index (χ3v) is 2.71. The number of rotatable bonds is 3. The molecule has 1 fully saturated rings. The number of amides is 1. The number of hydrogen-bond acceptors (Lipinski definition) is 3. The van der Waals surface area contributed by atoms with Gasteiger partial charge < -0.3 is 10.0 Å². The quantitative estimate of drug-likeness (QED) is 0.648. The Labute approximate surface area is 79.1 Å². The Morgan fingerprint density at radius 3 is 2.92 bits per heavy atom. The molecule has 1 aliphatic rings. The van der Waals surface area contributed by atoms with E-state index in [0.717, 1.165) is 26.1 Å². The van der Waals surface area contributed by atoms with Crippen LogP contribution >= 0.6 is 0 Å². The van der Waals surface area contributed by atoms with Crippen LogP contribution in [0.1, 0.15) is 13.3 Å². The third-order valence-electron chi connectivity index (χ3n) is 2.71. The highest BCUT2D eigenvalue weighted by atomic mass is 16.3. The lowest BCUT2D eigenvalue weighted by molar-refractivity contribution is -0.129. The van der Waals surface area contributed by atoms with E-state index in [-0.39, 0.29) is 12.5 Å². The Balaban J connectivity index is 2.36. The highest BCUT2D eigenvalue weighted by molar-refractivity contribution is 5.73. The van der Waals surface area contributed by atoms with Crippen LogP contribution < -0.4 is 0 Å². The van der Waals surface area contributed by atoms with Gasteiger partial charge in [0.2, 0.25) is 5.91 Å². The molecular formula is C9H18N2O2. The first kappa shape index (κ1) is 10.5. The molecule has 1 rings (SSSR count). The second-order valence-corrected chi connectivity index (χ2v) is 3.60. The number of hydrogen-bond donors (Lipinski definition) is 1. The zero-order valence-electron chi connectivity index (χ0n) is 8.36. The van der Waals surface area contributed by atoms with Crippen molar-refractivity contribution in [2.24, 2.45) is 0 Å². The number of β-amino-alcohol motifs (C(OH)–C–C–N with tert-alkyl or cyclic N) is 1. The first-order valence-electron chi connectivity index (χ1n) is 4.71.